The first kappa shape index (κ1) is 5.87. The molecule has 0 bridgehead atoms. The van der Waals surface area contributed by atoms with Gasteiger partial charge in [0.1, 0.15) is 0 Å². The normalized spacial score (nSPS) is 6.83. The molecule has 0 heterocycles. The maximum absolute atomic E-state index is 3.51. The van der Waals surface area contributed by atoms with Crippen LogP contribution >= 0.6 is 0 Å². The van der Waals surface area contributed by atoms with Crippen molar-refractivity contribution in [1.82, 2.24) is 0 Å². The summed E-state index contributed by atoms with van der Waals surface area (Å²) in [6, 6.07) is 1.32. The van der Waals surface area contributed by atoms with E-state index in [2.05, 4.69) is 18.8 Å². The Morgan fingerprint density at radius 1 is 1.83 bits per heavy atom. The predicted molar refractivity (Wildman–Crippen MR) is 32.9 cm³/mol. The van der Waals surface area contributed by atoms with Gasteiger partial charge in [-0.05, 0) is 6.04 Å². The van der Waals surface area contributed by atoms with Crippen molar-refractivity contribution in [3.8, 4) is 0 Å². The fraction of sp³-hybridized carbons (Fsp3) is 0.600. The van der Waals surface area contributed by atoms with Crippen LogP contribution < -0.4 is 0 Å². The topological polar surface area (TPSA) is 0 Å². The molecule has 0 saturated carbocycles. The first-order valence-corrected chi connectivity index (χ1v) is 3.65. The predicted octanol–water partition coefficient (Wildman–Crippen LogP) is 0.838. The summed E-state index contributed by atoms with van der Waals surface area (Å²) in [6.07, 6.45) is 1.29. The zero-order valence-corrected chi connectivity index (χ0v) is 5.35. The largest absolute Gasteiger partial charge is 0.168 e. The maximum Gasteiger partial charge on any atom is 0.0490 e. The van der Waals surface area contributed by atoms with Crippen molar-refractivity contribution in [2.45, 2.75) is 19.4 Å². The van der Waals surface area contributed by atoms with Gasteiger partial charge in [0.2, 0.25) is 0 Å². The van der Waals surface area contributed by atoms with Crippen molar-refractivity contribution in [2.75, 3.05) is 0 Å². The molecule has 0 rings (SSSR count). The Bertz CT molecular complexity index is 60.3. The standard InChI is InChI=1S/C5H10Si/c1-3-5-6-4-2/h6H,2-3,5H2,1H3. The first-order valence-electron chi connectivity index (χ1n) is 2.26. The molecule has 0 radical (unpaired) electrons. The van der Waals surface area contributed by atoms with Gasteiger partial charge in [-0.25, -0.2) is 0 Å². The third kappa shape index (κ3) is 3.87. The summed E-state index contributed by atoms with van der Waals surface area (Å²) in [5, 5.41) is 2.90. The molecular weight excluding hydrogens is 88.1 g/mol. The molecule has 0 amide bonds. The van der Waals surface area contributed by atoms with Gasteiger partial charge in [0.15, 0.2) is 0 Å². The van der Waals surface area contributed by atoms with Gasteiger partial charge in [-0.2, -0.15) is 5.33 Å². The molecule has 1 heteroatoms. The van der Waals surface area contributed by atoms with Crippen molar-refractivity contribution >= 4 is 14.5 Å². The Balaban J connectivity index is 2.86. The van der Waals surface area contributed by atoms with Crippen molar-refractivity contribution in [2.24, 2.45) is 0 Å². The Labute approximate surface area is 41.3 Å². The van der Waals surface area contributed by atoms with Gasteiger partial charge in [0, 0.05) is 9.13 Å². The van der Waals surface area contributed by atoms with E-state index < -0.39 is 0 Å². The molecule has 0 nitrogen and oxygen atoms in total. The number of hydrogen-bond acceptors (Lipinski definition) is 0. The Kier molecular flexibility index (Phi) is 4.76. The van der Waals surface area contributed by atoms with Gasteiger partial charge in [-0.15, -0.1) is 0 Å². The van der Waals surface area contributed by atoms with Crippen LogP contribution in [0.25, 0.3) is 0 Å². The third-order valence-corrected chi connectivity index (χ3v) is 1.73. The zero-order valence-electron chi connectivity index (χ0n) is 4.20. The number of hydrogen-bond donors (Lipinski definition) is 0. The van der Waals surface area contributed by atoms with Crippen LogP contribution in [-0.4, -0.2) is 14.5 Å². The highest BCUT2D eigenvalue weighted by molar-refractivity contribution is 6.44. The van der Waals surface area contributed by atoms with Crippen LogP contribution in [-0.2, 0) is 0 Å². The zero-order chi connectivity index (χ0) is 4.83. The van der Waals surface area contributed by atoms with Crippen LogP contribution in [0.2, 0.25) is 6.04 Å². The molecule has 0 unspecified atom stereocenters. The van der Waals surface area contributed by atoms with E-state index in [-0.39, 0.29) is 0 Å². The molecule has 34 valence electrons. The van der Waals surface area contributed by atoms with Crippen LogP contribution in [0.5, 0.6) is 0 Å². The second-order valence-corrected chi connectivity index (χ2v) is 2.59. The molecule has 0 fully saturated rings. The molecule has 0 aliphatic heterocycles. The second-order valence-electron chi connectivity index (χ2n) is 1.20. The maximum atomic E-state index is 3.51. The molecule has 0 aromatic heterocycles. The Morgan fingerprint density at radius 3 is 2.67 bits per heavy atom. The molecule has 0 aromatic rings. The summed E-state index contributed by atoms with van der Waals surface area (Å²) in [7, 11) is 0.457. The van der Waals surface area contributed by atoms with E-state index in [4.69, 9.17) is 0 Å². The van der Waals surface area contributed by atoms with Gasteiger partial charge in [0.05, 0.1) is 0 Å². The minimum Gasteiger partial charge on any atom is -0.168 e. The van der Waals surface area contributed by atoms with Gasteiger partial charge in [0.25, 0.3) is 0 Å². The van der Waals surface area contributed by atoms with Crippen LogP contribution in [0.15, 0.2) is 6.58 Å². The fourth-order valence-corrected chi connectivity index (χ4v) is 0.739. The van der Waals surface area contributed by atoms with Gasteiger partial charge >= 0.3 is 0 Å². The second kappa shape index (κ2) is 4.87. The quantitative estimate of drug-likeness (QED) is 0.449. The van der Waals surface area contributed by atoms with E-state index in [1.165, 1.54) is 12.5 Å². The van der Waals surface area contributed by atoms with E-state index >= 15 is 0 Å². The summed E-state index contributed by atoms with van der Waals surface area (Å²) >= 11 is 0. The fourth-order valence-electron chi connectivity index (χ4n) is 0.246. The minimum atomic E-state index is 0.457. The molecule has 0 aliphatic rings. The number of rotatable bonds is 2. The van der Waals surface area contributed by atoms with Gasteiger partial charge in [-0.3, -0.25) is 0 Å². The highest BCUT2D eigenvalue weighted by Crippen LogP contribution is 1.76. The SMILES string of the molecule is C=C=[SiH]CCC. The lowest BCUT2D eigenvalue weighted by atomic mass is 10.6. The van der Waals surface area contributed by atoms with Crippen LogP contribution in [0.1, 0.15) is 13.3 Å². The Hall–Kier alpha value is -0.133. The van der Waals surface area contributed by atoms with Crippen molar-refractivity contribution in [3.63, 3.8) is 0 Å². The lowest BCUT2D eigenvalue weighted by molar-refractivity contribution is 1.08. The molecule has 0 saturated heterocycles. The Morgan fingerprint density at radius 2 is 2.50 bits per heavy atom. The van der Waals surface area contributed by atoms with E-state index in [0.717, 1.165) is 0 Å². The summed E-state index contributed by atoms with van der Waals surface area (Å²) < 4.78 is 0. The third-order valence-electron chi connectivity index (χ3n) is 0.577. The monoisotopic (exact) mass is 98.1 g/mol. The highest BCUT2D eigenvalue weighted by atomic mass is 28.2. The average Bonchev–Trinajstić information content (AvgIpc) is 1.61. The summed E-state index contributed by atoms with van der Waals surface area (Å²) in [5.41, 5.74) is 0. The molecule has 0 atom stereocenters. The van der Waals surface area contributed by atoms with Crippen molar-refractivity contribution in [3.05, 3.63) is 6.58 Å². The average molecular weight is 98.2 g/mol. The molecule has 0 aromatic carbocycles. The van der Waals surface area contributed by atoms with Crippen LogP contribution in [0.3, 0.4) is 0 Å². The summed E-state index contributed by atoms with van der Waals surface area (Å²) in [6.45, 7) is 5.70. The lowest BCUT2D eigenvalue weighted by Gasteiger charge is -1.72. The van der Waals surface area contributed by atoms with Crippen LogP contribution in [0.4, 0.5) is 0 Å². The lowest BCUT2D eigenvalue weighted by Crippen LogP contribution is -1.69. The van der Waals surface area contributed by atoms with Gasteiger partial charge in [-0.1, -0.05) is 19.9 Å². The van der Waals surface area contributed by atoms with E-state index in [9.17, 15) is 0 Å². The van der Waals surface area contributed by atoms with Crippen molar-refractivity contribution < 1.29 is 0 Å². The smallest absolute Gasteiger partial charge is 0.0490 e. The van der Waals surface area contributed by atoms with E-state index in [1.807, 2.05) is 0 Å². The summed E-state index contributed by atoms with van der Waals surface area (Å²) in [4.78, 5) is 0. The summed E-state index contributed by atoms with van der Waals surface area (Å²) in [5.74, 6) is 0. The molecular formula is C5H10Si. The molecule has 6 heavy (non-hydrogen) atoms. The van der Waals surface area contributed by atoms with E-state index in [1.54, 1.807) is 0 Å². The van der Waals surface area contributed by atoms with Crippen molar-refractivity contribution in [1.29, 1.82) is 0 Å². The van der Waals surface area contributed by atoms with E-state index in [0.29, 0.717) is 9.13 Å². The highest BCUT2D eigenvalue weighted by Gasteiger charge is 1.65. The first-order chi connectivity index (χ1) is 2.91. The molecule has 0 N–H and O–H groups in total. The van der Waals surface area contributed by atoms with Crippen LogP contribution in [0, 0.1) is 0 Å². The van der Waals surface area contributed by atoms with Gasteiger partial charge < -0.3 is 0 Å². The minimum absolute atomic E-state index is 0.457. The molecule has 0 aliphatic carbocycles. The molecule has 0 spiro atoms.